The van der Waals surface area contributed by atoms with Crippen LogP contribution in [0.2, 0.25) is 10.0 Å². The Hall–Kier alpha value is -3.39. The van der Waals surface area contributed by atoms with Crippen molar-refractivity contribution in [2.24, 2.45) is 11.8 Å². The Morgan fingerprint density at radius 2 is 1.68 bits per heavy atom. The average molecular weight is 550 g/mol. The van der Waals surface area contributed by atoms with E-state index in [0.717, 1.165) is 5.56 Å². The van der Waals surface area contributed by atoms with Crippen LogP contribution in [0.1, 0.15) is 24.5 Å². The molecule has 194 valence electrons. The van der Waals surface area contributed by atoms with E-state index in [1.807, 2.05) is 37.3 Å². The van der Waals surface area contributed by atoms with Crippen LogP contribution < -0.4 is 19.9 Å². The molecule has 3 aromatic rings. The molecule has 0 aromatic heterocycles. The first kappa shape index (κ1) is 24.9. The van der Waals surface area contributed by atoms with E-state index in [2.05, 4.69) is 5.32 Å². The number of hydrogen-bond acceptors (Lipinski definition) is 5. The Bertz CT molecular complexity index is 1480. The summed E-state index contributed by atoms with van der Waals surface area (Å²) in [5.74, 6) is -1.86. The third kappa shape index (κ3) is 3.42. The monoisotopic (exact) mass is 549 g/mol. The van der Waals surface area contributed by atoms with Gasteiger partial charge >= 0.3 is 0 Å². The lowest BCUT2D eigenvalue weighted by Gasteiger charge is -2.30. The number of anilines is 2. The van der Waals surface area contributed by atoms with Gasteiger partial charge in [0.25, 0.3) is 5.91 Å². The van der Waals surface area contributed by atoms with Crippen LogP contribution in [0.15, 0.2) is 66.7 Å². The molecule has 3 aromatic carbocycles. The van der Waals surface area contributed by atoms with Gasteiger partial charge in [0.1, 0.15) is 11.3 Å². The van der Waals surface area contributed by atoms with Crippen molar-refractivity contribution in [3.05, 3.63) is 87.9 Å². The van der Waals surface area contributed by atoms with Crippen LogP contribution in [-0.4, -0.2) is 30.9 Å². The number of imide groups is 1. The maximum Gasteiger partial charge on any atom is 0.253 e. The number of rotatable bonds is 5. The van der Waals surface area contributed by atoms with E-state index in [-0.39, 0.29) is 30.3 Å². The van der Waals surface area contributed by atoms with Crippen LogP contribution in [0.3, 0.4) is 0 Å². The number of carbonyl (C=O) groups excluding carboxylic acids is 3. The van der Waals surface area contributed by atoms with Gasteiger partial charge in [-0.15, -0.1) is 0 Å². The van der Waals surface area contributed by atoms with E-state index in [4.69, 9.17) is 27.9 Å². The number of hydrogen-bond donors (Lipinski definition) is 1. The molecule has 7 nitrogen and oxygen atoms in total. The van der Waals surface area contributed by atoms with Crippen LogP contribution in [0, 0.1) is 11.8 Å². The molecule has 9 heteroatoms. The molecule has 0 radical (unpaired) electrons. The number of halogens is 2. The topological polar surface area (TPSA) is 79.0 Å². The fourth-order valence-electron chi connectivity index (χ4n) is 6.26. The third-order valence-electron chi connectivity index (χ3n) is 7.96. The number of methoxy groups -OCH3 is 1. The summed E-state index contributed by atoms with van der Waals surface area (Å²) in [5.41, 5.74) is 1.32. The number of benzene rings is 3. The first-order chi connectivity index (χ1) is 18.3. The molecular weight excluding hydrogens is 525 g/mol. The average Bonchev–Trinajstić information content (AvgIpc) is 3.50. The van der Waals surface area contributed by atoms with Gasteiger partial charge in [-0.2, -0.15) is 0 Å². The number of ether oxygens (including phenoxy) is 1. The van der Waals surface area contributed by atoms with E-state index in [9.17, 15) is 14.4 Å². The summed E-state index contributed by atoms with van der Waals surface area (Å²) in [6.07, 6.45) is 0.584. The molecule has 0 aliphatic carbocycles. The second-order valence-corrected chi connectivity index (χ2v) is 10.7. The summed E-state index contributed by atoms with van der Waals surface area (Å²) in [4.78, 5) is 45.2. The van der Waals surface area contributed by atoms with Crippen LogP contribution in [-0.2, 0) is 26.5 Å². The lowest BCUT2D eigenvalue weighted by molar-refractivity contribution is -0.132. The van der Waals surface area contributed by atoms with Crippen molar-refractivity contribution in [2.45, 2.75) is 31.5 Å². The molecule has 3 amide bonds. The van der Waals surface area contributed by atoms with Crippen LogP contribution in [0.5, 0.6) is 5.75 Å². The number of amides is 3. The van der Waals surface area contributed by atoms with Gasteiger partial charge in [0.05, 0.1) is 41.2 Å². The van der Waals surface area contributed by atoms with E-state index < -0.39 is 17.4 Å². The molecule has 4 atom stereocenters. The molecule has 2 fully saturated rings. The van der Waals surface area contributed by atoms with Gasteiger partial charge in [-0.05, 0) is 54.4 Å². The van der Waals surface area contributed by atoms with Gasteiger partial charge in [0.2, 0.25) is 11.8 Å². The molecule has 3 aliphatic heterocycles. The Morgan fingerprint density at radius 1 is 0.947 bits per heavy atom. The predicted molar refractivity (Wildman–Crippen MR) is 145 cm³/mol. The fraction of sp³-hybridized carbons (Fsp3) is 0.276. The maximum atomic E-state index is 14.4. The Balaban J connectivity index is 1.45. The number of nitrogens with zero attached hydrogens (tertiary/aromatic N) is 2. The third-order valence-corrected chi connectivity index (χ3v) is 8.70. The highest BCUT2D eigenvalue weighted by Crippen LogP contribution is 2.55. The zero-order valence-electron chi connectivity index (χ0n) is 20.8. The smallest absolute Gasteiger partial charge is 0.253 e. The minimum atomic E-state index is -1.36. The number of fused-ring (bicyclic) bond motifs is 4. The molecule has 0 bridgehead atoms. The van der Waals surface area contributed by atoms with E-state index in [0.29, 0.717) is 39.2 Å². The molecule has 6 rings (SSSR count). The zero-order valence-corrected chi connectivity index (χ0v) is 22.3. The van der Waals surface area contributed by atoms with Crippen LogP contribution >= 0.6 is 23.2 Å². The standard InChI is InChI=1S/C29H25Cl2N3O4/c1-3-22-24-25(27(36)34(26(24)35)17-9-11-18(38-2)12-10-17)29(32-22)19-6-4-5-7-23(19)33(28(29)37)15-16-8-13-20(30)21(31)14-16/h4-14,22,24-25,32H,3,15H2,1-2H3/t22-,24+,25+,29+/m1/s1. The lowest BCUT2D eigenvalue weighted by atomic mass is 9.76. The highest BCUT2D eigenvalue weighted by Gasteiger charge is 2.71. The summed E-state index contributed by atoms with van der Waals surface area (Å²) in [5, 5.41) is 4.31. The van der Waals surface area contributed by atoms with Gasteiger partial charge in [-0.25, -0.2) is 4.90 Å². The normalized spacial score (nSPS) is 25.9. The summed E-state index contributed by atoms with van der Waals surface area (Å²) in [6.45, 7) is 2.20. The molecule has 38 heavy (non-hydrogen) atoms. The van der Waals surface area contributed by atoms with Crippen molar-refractivity contribution in [1.29, 1.82) is 0 Å². The highest BCUT2D eigenvalue weighted by molar-refractivity contribution is 6.42. The van der Waals surface area contributed by atoms with E-state index in [1.54, 1.807) is 48.4 Å². The van der Waals surface area contributed by atoms with Crippen molar-refractivity contribution >= 4 is 52.3 Å². The van der Waals surface area contributed by atoms with Gasteiger partial charge in [-0.1, -0.05) is 54.4 Å². The number of nitrogens with one attached hydrogen (secondary N) is 1. The Labute approximate surface area is 230 Å². The molecule has 0 unspecified atom stereocenters. The summed E-state index contributed by atoms with van der Waals surface area (Å²) in [6, 6.07) is 19.2. The predicted octanol–water partition coefficient (Wildman–Crippen LogP) is 4.93. The number of carbonyl (C=O) groups is 3. The van der Waals surface area contributed by atoms with Crippen LogP contribution in [0.4, 0.5) is 11.4 Å². The van der Waals surface area contributed by atoms with Gasteiger partial charge in [0, 0.05) is 17.3 Å². The van der Waals surface area contributed by atoms with Crippen LogP contribution in [0.25, 0.3) is 0 Å². The largest absolute Gasteiger partial charge is 0.497 e. The molecule has 3 heterocycles. The lowest BCUT2D eigenvalue weighted by Crippen LogP contribution is -2.55. The molecular formula is C29H25Cl2N3O4. The zero-order chi connectivity index (χ0) is 26.8. The number of para-hydroxylation sites is 1. The van der Waals surface area contributed by atoms with Crippen molar-refractivity contribution in [3.8, 4) is 5.75 Å². The summed E-state index contributed by atoms with van der Waals surface area (Å²) < 4.78 is 5.23. The van der Waals surface area contributed by atoms with Crippen molar-refractivity contribution in [2.75, 3.05) is 16.9 Å². The molecule has 2 saturated heterocycles. The van der Waals surface area contributed by atoms with Gasteiger partial charge in [0.15, 0.2) is 0 Å². The van der Waals surface area contributed by atoms with Gasteiger partial charge in [-0.3, -0.25) is 19.7 Å². The van der Waals surface area contributed by atoms with Gasteiger partial charge < -0.3 is 9.64 Å². The Kier molecular flexibility index (Phi) is 5.98. The van der Waals surface area contributed by atoms with Crippen molar-refractivity contribution < 1.29 is 19.1 Å². The van der Waals surface area contributed by atoms with E-state index in [1.165, 1.54) is 4.90 Å². The molecule has 1 N–H and O–H groups in total. The highest BCUT2D eigenvalue weighted by atomic mass is 35.5. The van der Waals surface area contributed by atoms with Crippen molar-refractivity contribution in [1.82, 2.24) is 5.32 Å². The maximum absolute atomic E-state index is 14.4. The molecule has 3 aliphatic rings. The summed E-state index contributed by atoms with van der Waals surface area (Å²) >= 11 is 12.4. The van der Waals surface area contributed by atoms with E-state index >= 15 is 0 Å². The first-order valence-corrected chi connectivity index (χ1v) is 13.2. The molecule has 0 saturated carbocycles. The minimum absolute atomic E-state index is 0.245. The fourth-order valence-corrected chi connectivity index (χ4v) is 6.58. The summed E-state index contributed by atoms with van der Waals surface area (Å²) in [7, 11) is 1.56. The molecule has 1 spiro atoms. The quantitative estimate of drug-likeness (QED) is 0.456. The second kappa shape index (κ2) is 9.12. The second-order valence-electron chi connectivity index (χ2n) is 9.84. The minimum Gasteiger partial charge on any atom is -0.497 e. The van der Waals surface area contributed by atoms with Crippen molar-refractivity contribution in [3.63, 3.8) is 0 Å². The first-order valence-electron chi connectivity index (χ1n) is 12.5. The SMILES string of the molecule is CC[C@H]1N[C@]2(C(=O)N(Cc3ccc(Cl)c(Cl)c3)c3ccccc32)[C@@H]2C(=O)N(c3ccc(OC)cc3)C(=O)[C@H]21. The Morgan fingerprint density at radius 3 is 2.37 bits per heavy atom.